The highest BCUT2D eigenvalue weighted by atomic mass is 16.5. The molecule has 120 valence electrons. The minimum atomic E-state index is 0.254. The van der Waals surface area contributed by atoms with Crippen LogP contribution < -0.4 is 15.8 Å². The summed E-state index contributed by atoms with van der Waals surface area (Å²) in [6.45, 7) is 0.446. The molecule has 0 atom stereocenters. The number of hydrogen-bond acceptors (Lipinski definition) is 3. The molecule has 3 aromatic rings. The van der Waals surface area contributed by atoms with Crippen molar-refractivity contribution in [3.05, 3.63) is 84.6 Å². The molecule has 0 spiro atoms. The van der Waals surface area contributed by atoms with E-state index in [4.69, 9.17) is 10.5 Å². The van der Waals surface area contributed by atoms with Gasteiger partial charge in [0.2, 0.25) is 0 Å². The maximum Gasteiger partial charge on any atom is 0.200 e. The molecule has 0 radical (unpaired) electrons. The summed E-state index contributed by atoms with van der Waals surface area (Å²) >= 11 is 0. The van der Waals surface area contributed by atoms with Crippen molar-refractivity contribution in [2.75, 3.05) is 5.32 Å². The molecule has 24 heavy (non-hydrogen) atoms. The average molecular weight is 318 g/mol. The van der Waals surface area contributed by atoms with E-state index >= 15 is 0 Å². The Morgan fingerprint density at radius 1 is 0.958 bits per heavy atom. The van der Waals surface area contributed by atoms with Crippen LogP contribution in [0.15, 0.2) is 84.0 Å². The Kier molecular flexibility index (Phi) is 5.04. The number of pyridine rings is 1. The van der Waals surface area contributed by atoms with E-state index < -0.39 is 0 Å². The van der Waals surface area contributed by atoms with E-state index in [9.17, 15) is 0 Å². The minimum absolute atomic E-state index is 0.254. The number of benzene rings is 2. The number of nitrogens with one attached hydrogen (secondary N) is 1. The molecule has 5 nitrogen and oxygen atoms in total. The zero-order valence-electron chi connectivity index (χ0n) is 13.1. The third kappa shape index (κ3) is 4.33. The molecule has 0 saturated carbocycles. The van der Waals surface area contributed by atoms with Crippen LogP contribution in [-0.4, -0.2) is 10.9 Å². The fraction of sp³-hybridized carbons (Fsp3) is 0.0526. The summed E-state index contributed by atoms with van der Waals surface area (Å²) in [4.78, 5) is 8.55. The van der Waals surface area contributed by atoms with Crippen molar-refractivity contribution in [1.82, 2.24) is 4.98 Å². The summed E-state index contributed by atoms with van der Waals surface area (Å²) in [5.41, 5.74) is 7.90. The van der Waals surface area contributed by atoms with Crippen LogP contribution in [0.25, 0.3) is 0 Å². The van der Waals surface area contributed by atoms with Gasteiger partial charge in [-0.15, -0.1) is 0 Å². The Morgan fingerprint density at radius 2 is 1.67 bits per heavy atom. The highest BCUT2D eigenvalue weighted by Crippen LogP contribution is 2.25. The van der Waals surface area contributed by atoms with Crippen molar-refractivity contribution >= 4 is 17.5 Å². The molecule has 0 fully saturated rings. The summed E-state index contributed by atoms with van der Waals surface area (Å²) in [5.74, 6) is 1.28. The maximum atomic E-state index is 5.96. The predicted octanol–water partition coefficient (Wildman–Crippen LogP) is 3.72. The maximum absolute atomic E-state index is 5.96. The molecule has 0 saturated heterocycles. The average Bonchev–Trinajstić information content (AvgIpc) is 2.63. The van der Waals surface area contributed by atoms with Crippen molar-refractivity contribution in [2.45, 2.75) is 6.61 Å². The van der Waals surface area contributed by atoms with Gasteiger partial charge in [0, 0.05) is 11.9 Å². The Labute approximate surface area is 140 Å². The number of hydrogen-bond donors (Lipinski definition) is 2. The first-order chi connectivity index (χ1) is 11.8. The quantitative estimate of drug-likeness (QED) is 0.555. The molecule has 3 rings (SSSR count). The normalized spacial score (nSPS) is 11.1. The van der Waals surface area contributed by atoms with Crippen molar-refractivity contribution in [3.63, 3.8) is 0 Å². The highest BCUT2D eigenvalue weighted by molar-refractivity contribution is 5.94. The summed E-state index contributed by atoms with van der Waals surface area (Å²) in [6, 6.07) is 23.2. The molecule has 0 aliphatic rings. The second kappa shape index (κ2) is 7.78. The summed E-state index contributed by atoms with van der Waals surface area (Å²) in [5, 5.41) is 3.02. The predicted molar refractivity (Wildman–Crippen MR) is 96.4 cm³/mol. The number of para-hydroxylation sites is 1. The number of nitrogens with zero attached hydrogens (tertiary/aromatic N) is 2. The molecule has 1 aromatic heterocycles. The summed E-state index contributed by atoms with van der Waals surface area (Å²) < 4.78 is 5.82. The van der Waals surface area contributed by atoms with Gasteiger partial charge in [0.25, 0.3) is 0 Å². The first kappa shape index (κ1) is 15.6. The van der Waals surface area contributed by atoms with Crippen LogP contribution in [0.4, 0.5) is 11.5 Å². The van der Waals surface area contributed by atoms with Crippen LogP contribution >= 0.6 is 0 Å². The van der Waals surface area contributed by atoms with Crippen LogP contribution in [-0.2, 0) is 6.61 Å². The zero-order valence-corrected chi connectivity index (χ0v) is 13.1. The Hall–Kier alpha value is -3.34. The van der Waals surface area contributed by atoms with E-state index in [0.29, 0.717) is 18.2 Å². The van der Waals surface area contributed by atoms with E-state index in [1.165, 1.54) is 0 Å². The molecular formula is C19H18N4O. The smallest absolute Gasteiger partial charge is 0.200 e. The van der Waals surface area contributed by atoms with Crippen molar-refractivity contribution < 1.29 is 4.74 Å². The summed E-state index contributed by atoms with van der Waals surface area (Å²) in [6.07, 6.45) is 1.66. The van der Waals surface area contributed by atoms with E-state index in [1.54, 1.807) is 12.3 Å². The Morgan fingerprint density at radius 3 is 2.42 bits per heavy atom. The van der Waals surface area contributed by atoms with Gasteiger partial charge >= 0.3 is 0 Å². The zero-order chi connectivity index (χ0) is 16.6. The lowest BCUT2D eigenvalue weighted by molar-refractivity contribution is 0.306. The standard InChI is InChI=1S/C19H18N4O/c20-19(22-16-10-5-2-6-11-16)23-18-17(12-7-13-21-18)24-14-15-8-3-1-4-9-15/h1-13H,14H2,(H3,20,21,22,23). The van der Waals surface area contributed by atoms with Gasteiger partial charge in [-0.25, -0.2) is 4.98 Å². The van der Waals surface area contributed by atoms with Crippen molar-refractivity contribution in [3.8, 4) is 5.75 Å². The second-order valence-corrected chi connectivity index (χ2v) is 5.09. The molecular weight excluding hydrogens is 300 g/mol. The first-order valence-corrected chi connectivity index (χ1v) is 7.59. The minimum Gasteiger partial charge on any atom is -0.485 e. The summed E-state index contributed by atoms with van der Waals surface area (Å²) in [7, 11) is 0. The van der Waals surface area contributed by atoms with Crippen molar-refractivity contribution in [2.24, 2.45) is 10.7 Å². The lowest BCUT2D eigenvalue weighted by atomic mass is 10.2. The molecule has 3 N–H and O–H groups in total. The van der Waals surface area contributed by atoms with Gasteiger partial charge in [0.15, 0.2) is 17.5 Å². The van der Waals surface area contributed by atoms with Crippen LogP contribution in [0.5, 0.6) is 5.75 Å². The van der Waals surface area contributed by atoms with Crippen molar-refractivity contribution in [1.29, 1.82) is 0 Å². The van der Waals surface area contributed by atoms with Gasteiger partial charge in [0.1, 0.15) is 6.61 Å². The van der Waals surface area contributed by atoms with Gasteiger partial charge in [-0.3, -0.25) is 0 Å². The molecule has 0 bridgehead atoms. The number of aromatic nitrogens is 1. The Bertz CT molecular complexity index is 804. The monoisotopic (exact) mass is 318 g/mol. The van der Waals surface area contributed by atoms with Crippen LogP contribution in [0.3, 0.4) is 0 Å². The van der Waals surface area contributed by atoms with Gasteiger partial charge in [-0.1, -0.05) is 48.5 Å². The molecule has 0 amide bonds. The number of rotatable bonds is 5. The molecule has 0 aliphatic carbocycles. The second-order valence-electron chi connectivity index (χ2n) is 5.09. The van der Waals surface area contributed by atoms with E-state index in [2.05, 4.69) is 15.3 Å². The molecule has 0 aliphatic heterocycles. The van der Waals surface area contributed by atoms with Gasteiger partial charge < -0.3 is 15.8 Å². The van der Waals surface area contributed by atoms with Gasteiger partial charge in [0.05, 0.1) is 0 Å². The van der Waals surface area contributed by atoms with Gasteiger partial charge in [-0.05, 0) is 29.8 Å². The number of ether oxygens (including phenoxy) is 1. The third-order valence-corrected chi connectivity index (χ3v) is 3.26. The lowest BCUT2D eigenvalue weighted by Gasteiger charge is -2.09. The highest BCUT2D eigenvalue weighted by Gasteiger charge is 2.05. The molecule has 1 heterocycles. The largest absolute Gasteiger partial charge is 0.485 e. The van der Waals surface area contributed by atoms with E-state index in [0.717, 1.165) is 11.3 Å². The first-order valence-electron chi connectivity index (χ1n) is 7.59. The number of aliphatic imine (C=N–C) groups is 1. The molecule has 0 unspecified atom stereocenters. The van der Waals surface area contributed by atoms with E-state index in [-0.39, 0.29) is 5.96 Å². The number of guanidine groups is 1. The van der Waals surface area contributed by atoms with E-state index in [1.807, 2.05) is 66.7 Å². The SMILES string of the molecule is NC(=Nc1ncccc1OCc1ccccc1)Nc1ccccc1. The van der Waals surface area contributed by atoms with Gasteiger partial charge in [-0.2, -0.15) is 4.99 Å². The lowest BCUT2D eigenvalue weighted by Crippen LogP contribution is -2.22. The fourth-order valence-electron chi connectivity index (χ4n) is 2.13. The third-order valence-electron chi connectivity index (χ3n) is 3.26. The fourth-order valence-corrected chi connectivity index (χ4v) is 2.13. The van der Waals surface area contributed by atoms with Crippen LogP contribution in [0, 0.1) is 0 Å². The topological polar surface area (TPSA) is 72.5 Å². The molecule has 5 heteroatoms. The Balaban J connectivity index is 1.72. The molecule has 2 aromatic carbocycles. The number of anilines is 1. The number of nitrogens with two attached hydrogens (primary N) is 1. The van der Waals surface area contributed by atoms with Crippen LogP contribution in [0.2, 0.25) is 0 Å². The van der Waals surface area contributed by atoms with Crippen LogP contribution in [0.1, 0.15) is 5.56 Å².